The van der Waals surface area contributed by atoms with E-state index in [9.17, 15) is 0 Å². The van der Waals surface area contributed by atoms with Crippen LogP contribution in [0.5, 0.6) is 0 Å². The van der Waals surface area contributed by atoms with E-state index in [1.54, 1.807) is 12.4 Å². The summed E-state index contributed by atoms with van der Waals surface area (Å²) in [6.07, 6.45) is 3.39. The number of nitrogens with zero attached hydrogens (tertiary/aromatic N) is 4. The van der Waals surface area contributed by atoms with Crippen LogP contribution in [-0.4, -0.2) is 40.3 Å². The van der Waals surface area contributed by atoms with Gasteiger partial charge in [-0.2, -0.15) is 5.10 Å². The van der Waals surface area contributed by atoms with Gasteiger partial charge in [0.25, 0.3) is 0 Å². The van der Waals surface area contributed by atoms with Crippen LogP contribution in [0.25, 0.3) is 11.3 Å². The fourth-order valence-electron chi connectivity index (χ4n) is 1.86. The van der Waals surface area contributed by atoms with Crippen LogP contribution < -0.4 is 5.73 Å². The Morgan fingerprint density at radius 2 is 2.11 bits per heavy atom. The predicted octanol–water partition coefficient (Wildman–Crippen LogP) is 2.05. The Morgan fingerprint density at radius 1 is 1.37 bits per heavy atom. The fourth-order valence-corrected chi connectivity index (χ4v) is 2.11. The van der Waals surface area contributed by atoms with Crippen LogP contribution in [0.3, 0.4) is 0 Å². The Labute approximate surface area is 118 Å². The van der Waals surface area contributed by atoms with Gasteiger partial charge in [-0.05, 0) is 32.6 Å². The third kappa shape index (κ3) is 3.05. The molecule has 0 spiro atoms. The molecule has 2 rings (SSSR count). The summed E-state index contributed by atoms with van der Waals surface area (Å²) >= 11 is 6.24. The van der Waals surface area contributed by atoms with E-state index < -0.39 is 0 Å². The SMILES string of the molecule is Cc1cnc(N)c(-c2c(Cl)cnn2CCN(C)C)c1. The highest BCUT2D eigenvalue weighted by Gasteiger charge is 2.15. The maximum absolute atomic E-state index is 6.24. The van der Waals surface area contributed by atoms with Gasteiger partial charge in [0, 0.05) is 18.3 Å². The zero-order valence-electron chi connectivity index (χ0n) is 11.4. The smallest absolute Gasteiger partial charge is 0.132 e. The normalized spacial score (nSPS) is 11.2. The largest absolute Gasteiger partial charge is 0.383 e. The molecule has 2 aromatic heterocycles. The molecule has 0 aliphatic carbocycles. The molecule has 0 radical (unpaired) electrons. The predicted molar refractivity (Wildman–Crippen MR) is 78.2 cm³/mol. The van der Waals surface area contributed by atoms with Gasteiger partial charge in [-0.25, -0.2) is 4.98 Å². The van der Waals surface area contributed by atoms with Crippen molar-refractivity contribution in [3.63, 3.8) is 0 Å². The minimum absolute atomic E-state index is 0.471. The summed E-state index contributed by atoms with van der Waals surface area (Å²) in [4.78, 5) is 6.27. The number of aromatic nitrogens is 3. The van der Waals surface area contributed by atoms with Crippen molar-refractivity contribution in [3.05, 3.63) is 29.0 Å². The Hall–Kier alpha value is -1.59. The molecule has 0 saturated heterocycles. The van der Waals surface area contributed by atoms with E-state index in [-0.39, 0.29) is 0 Å². The molecule has 19 heavy (non-hydrogen) atoms. The van der Waals surface area contributed by atoms with E-state index in [0.29, 0.717) is 10.8 Å². The molecule has 0 amide bonds. The second-order valence-corrected chi connectivity index (χ2v) is 5.22. The average Bonchev–Trinajstić information content (AvgIpc) is 2.71. The van der Waals surface area contributed by atoms with Crippen LogP contribution in [0.15, 0.2) is 18.5 Å². The number of halogens is 1. The summed E-state index contributed by atoms with van der Waals surface area (Å²) in [5.74, 6) is 0.471. The number of hydrogen-bond acceptors (Lipinski definition) is 4. The first kappa shape index (κ1) is 13.8. The van der Waals surface area contributed by atoms with Gasteiger partial charge in [-0.15, -0.1) is 0 Å². The first-order valence-electron chi connectivity index (χ1n) is 6.07. The van der Waals surface area contributed by atoms with Crippen molar-refractivity contribution >= 4 is 17.4 Å². The molecule has 0 bridgehead atoms. The van der Waals surface area contributed by atoms with Gasteiger partial charge < -0.3 is 10.6 Å². The molecule has 0 aliphatic rings. The summed E-state index contributed by atoms with van der Waals surface area (Å²) < 4.78 is 1.87. The maximum atomic E-state index is 6.24. The monoisotopic (exact) mass is 279 g/mol. The highest BCUT2D eigenvalue weighted by atomic mass is 35.5. The molecule has 102 valence electrons. The maximum Gasteiger partial charge on any atom is 0.132 e. The second kappa shape index (κ2) is 5.59. The van der Waals surface area contributed by atoms with Crippen LogP contribution in [0.1, 0.15) is 5.56 Å². The molecule has 5 nitrogen and oxygen atoms in total. The van der Waals surface area contributed by atoms with Gasteiger partial charge >= 0.3 is 0 Å². The second-order valence-electron chi connectivity index (χ2n) is 4.81. The lowest BCUT2D eigenvalue weighted by Crippen LogP contribution is -2.19. The quantitative estimate of drug-likeness (QED) is 0.931. The molecule has 6 heteroatoms. The Bertz CT molecular complexity index is 576. The average molecular weight is 280 g/mol. The van der Waals surface area contributed by atoms with E-state index in [1.807, 2.05) is 31.8 Å². The Morgan fingerprint density at radius 3 is 2.79 bits per heavy atom. The van der Waals surface area contributed by atoms with Gasteiger partial charge in [-0.3, -0.25) is 4.68 Å². The van der Waals surface area contributed by atoms with E-state index >= 15 is 0 Å². The summed E-state index contributed by atoms with van der Waals surface area (Å²) in [7, 11) is 4.04. The number of nitrogen functional groups attached to an aromatic ring is 1. The summed E-state index contributed by atoms with van der Waals surface area (Å²) in [5, 5.41) is 4.90. The van der Waals surface area contributed by atoms with Crippen molar-refractivity contribution in [1.82, 2.24) is 19.7 Å². The molecule has 0 atom stereocenters. The summed E-state index contributed by atoms with van der Waals surface area (Å²) in [6.45, 7) is 3.61. The first-order chi connectivity index (χ1) is 8.99. The van der Waals surface area contributed by atoms with Gasteiger partial charge in [0.05, 0.1) is 23.5 Å². The van der Waals surface area contributed by atoms with Crippen LogP contribution in [0.2, 0.25) is 5.02 Å². The molecule has 0 fully saturated rings. The van der Waals surface area contributed by atoms with Crippen molar-refractivity contribution in [3.8, 4) is 11.3 Å². The zero-order valence-corrected chi connectivity index (χ0v) is 12.1. The highest BCUT2D eigenvalue weighted by Crippen LogP contribution is 2.31. The van der Waals surface area contributed by atoms with Crippen LogP contribution in [0.4, 0.5) is 5.82 Å². The number of anilines is 1. The molecule has 0 unspecified atom stereocenters. The molecule has 2 heterocycles. The fraction of sp³-hybridized carbons (Fsp3) is 0.385. The lowest BCUT2D eigenvalue weighted by atomic mass is 10.1. The molecule has 0 aliphatic heterocycles. The molecule has 0 saturated carbocycles. The van der Waals surface area contributed by atoms with Gasteiger partial charge in [-0.1, -0.05) is 11.6 Å². The van der Waals surface area contributed by atoms with E-state index in [4.69, 9.17) is 17.3 Å². The van der Waals surface area contributed by atoms with Gasteiger partial charge in [0.15, 0.2) is 0 Å². The standard InChI is InChI=1S/C13H18ClN5/c1-9-6-10(13(15)16-7-9)12-11(14)8-17-19(12)5-4-18(2)3/h6-8H,4-5H2,1-3H3,(H2,15,16). The minimum atomic E-state index is 0.471. The van der Waals surface area contributed by atoms with Crippen LogP contribution in [-0.2, 0) is 6.54 Å². The number of rotatable bonds is 4. The molecular formula is C13H18ClN5. The molecular weight excluding hydrogens is 262 g/mol. The lowest BCUT2D eigenvalue weighted by Gasteiger charge is -2.13. The Kier molecular flexibility index (Phi) is 4.07. The lowest BCUT2D eigenvalue weighted by molar-refractivity contribution is 0.374. The first-order valence-corrected chi connectivity index (χ1v) is 6.45. The molecule has 2 N–H and O–H groups in total. The third-order valence-electron chi connectivity index (χ3n) is 2.86. The van der Waals surface area contributed by atoms with Crippen molar-refractivity contribution in [2.75, 3.05) is 26.4 Å². The van der Waals surface area contributed by atoms with Gasteiger partial charge in [0.1, 0.15) is 5.82 Å². The van der Waals surface area contributed by atoms with E-state index in [2.05, 4.69) is 15.0 Å². The van der Waals surface area contributed by atoms with E-state index in [1.165, 1.54) is 0 Å². The van der Waals surface area contributed by atoms with Gasteiger partial charge in [0.2, 0.25) is 0 Å². The number of hydrogen-bond donors (Lipinski definition) is 1. The van der Waals surface area contributed by atoms with Crippen molar-refractivity contribution in [2.45, 2.75) is 13.5 Å². The summed E-state index contributed by atoms with van der Waals surface area (Å²) in [5.41, 5.74) is 8.66. The van der Waals surface area contributed by atoms with Crippen LogP contribution >= 0.6 is 11.6 Å². The van der Waals surface area contributed by atoms with Crippen LogP contribution in [0, 0.1) is 6.92 Å². The highest BCUT2D eigenvalue weighted by molar-refractivity contribution is 6.33. The number of aryl methyl sites for hydroxylation is 1. The zero-order chi connectivity index (χ0) is 14.0. The minimum Gasteiger partial charge on any atom is -0.383 e. The molecule has 0 aromatic carbocycles. The van der Waals surface area contributed by atoms with Crippen molar-refractivity contribution in [1.29, 1.82) is 0 Å². The topological polar surface area (TPSA) is 60.0 Å². The summed E-state index contributed by atoms with van der Waals surface area (Å²) in [6, 6.07) is 1.98. The van der Waals surface area contributed by atoms with Crippen molar-refractivity contribution in [2.24, 2.45) is 0 Å². The molecule has 2 aromatic rings. The van der Waals surface area contributed by atoms with E-state index in [0.717, 1.165) is 29.9 Å². The number of pyridine rings is 1. The van der Waals surface area contributed by atoms with Crippen molar-refractivity contribution < 1.29 is 0 Å². The third-order valence-corrected chi connectivity index (χ3v) is 3.14. The number of likely N-dealkylation sites (N-methyl/N-ethyl adjacent to an activating group) is 1. The number of nitrogens with two attached hydrogens (primary N) is 1. The Balaban J connectivity index is 2.43.